The number of hydrogen-bond acceptors (Lipinski definition) is 4. The summed E-state index contributed by atoms with van der Waals surface area (Å²) in [5.41, 5.74) is 1.35. The highest BCUT2D eigenvalue weighted by atomic mass is 16.5. The lowest BCUT2D eigenvalue weighted by Crippen LogP contribution is -2.04. The lowest BCUT2D eigenvalue weighted by atomic mass is 10.1. The van der Waals surface area contributed by atoms with Gasteiger partial charge in [-0.05, 0) is 30.3 Å². The van der Waals surface area contributed by atoms with Gasteiger partial charge in [-0.3, -0.25) is 0 Å². The van der Waals surface area contributed by atoms with Crippen molar-refractivity contribution in [1.29, 1.82) is 0 Å². The van der Waals surface area contributed by atoms with Crippen molar-refractivity contribution in [3.05, 3.63) is 54.2 Å². The van der Waals surface area contributed by atoms with Crippen molar-refractivity contribution in [3.63, 3.8) is 0 Å². The van der Waals surface area contributed by atoms with Crippen molar-refractivity contribution in [2.75, 3.05) is 7.11 Å². The quantitative estimate of drug-likeness (QED) is 0.798. The number of fused-ring (bicyclic) bond motifs is 1. The highest BCUT2D eigenvalue weighted by Gasteiger charge is 2.14. The third-order valence-electron chi connectivity index (χ3n) is 3.15. The number of nitrogens with zero attached hydrogens (tertiary/aromatic N) is 2. The maximum Gasteiger partial charge on any atom is 0.355 e. The molecule has 0 atom stereocenters. The topological polar surface area (TPSA) is 72.3 Å². The number of para-hydroxylation sites is 1. The molecule has 0 radical (unpaired) electrons. The number of aromatic nitrogens is 2. The van der Waals surface area contributed by atoms with Crippen LogP contribution in [0.2, 0.25) is 0 Å². The van der Waals surface area contributed by atoms with E-state index in [9.17, 15) is 9.90 Å². The van der Waals surface area contributed by atoms with Crippen LogP contribution in [0.3, 0.4) is 0 Å². The van der Waals surface area contributed by atoms with Crippen LogP contribution in [0.15, 0.2) is 48.5 Å². The van der Waals surface area contributed by atoms with Gasteiger partial charge < -0.3 is 9.84 Å². The van der Waals surface area contributed by atoms with E-state index in [-0.39, 0.29) is 5.69 Å². The molecule has 0 saturated heterocycles. The van der Waals surface area contributed by atoms with Gasteiger partial charge in [0, 0.05) is 10.9 Å². The molecule has 1 aromatic heterocycles. The first-order valence-corrected chi connectivity index (χ1v) is 6.33. The molecule has 104 valence electrons. The van der Waals surface area contributed by atoms with E-state index in [2.05, 4.69) is 9.97 Å². The molecule has 5 heteroatoms. The van der Waals surface area contributed by atoms with Crippen molar-refractivity contribution < 1.29 is 14.6 Å². The summed E-state index contributed by atoms with van der Waals surface area (Å²) in [5.74, 6) is 0.0371. The fourth-order valence-corrected chi connectivity index (χ4v) is 2.11. The molecule has 3 rings (SSSR count). The Labute approximate surface area is 120 Å². The summed E-state index contributed by atoms with van der Waals surface area (Å²) in [7, 11) is 1.59. The minimum Gasteiger partial charge on any atom is -0.497 e. The van der Waals surface area contributed by atoms with E-state index in [0.29, 0.717) is 16.7 Å². The zero-order valence-electron chi connectivity index (χ0n) is 11.3. The Balaban J connectivity index is 2.20. The molecular formula is C16H12N2O3. The monoisotopic (exact) mass is 280 g/mol. The molecule has 0 unspecified atom stereocenters. The average molecular weight is 280 g/mol. The second-order valence-corrected chi connectivity index (χ2v) is 4.45. The number of carboxylic acid groups (broad SMARTS) is 1. The maximum absolute atomic E-state index is 11.4. The van der Waals surface area contributed by atoms with Crippen LogP contribution in [-0.4, -0.2) is 28.2 Å². The van der Waals surface area contributed by atoms with Crippen LogP contribution in [0.5, 0.6) is 5.75 Å². The second kappa shape index (κ2) is 5.20. The fraction of sp³-hybridized carbons (Fsp3) is 0.0625. The van der Waals surface area contributed by atoms with Gasteiger partial charge in [-0.15, -0.1) is 0 Å². The fourth-order valence-electron chi connectivity index (χ4n) is 2.11. The maximum atomic E-state index is 11.4. The summed E-state index contributed by atoms with van der Waals surface area (Å²) in [6.07, 6.45) is 0. The van der Waals surface area contributed by atoms with Gasteiger partial charge in [-0.2, -0.15) is 0 Å². The summed E-state index contributed by atoms with van der Waals surface area (Å²) in [5, 5.41) is 9.86. The molecule has 2 aromatic carbocycles. The minimum atomic E-state index is -1.07. The molecule has 0 aliphatic rings. The lowest BCUT2D eigenvalue weighted by molar-refractivity contribution is 0.0693. The molecule has 5 nitrogen and oxygen atoms in total. The molecule has 0 aliphatic heterocycles. The Morgan fingerprint density at radius 1 is 1.05 bits per heavy atom. The summed E-state index contributed by atoms with van der Waals surface area (Å²) >= 11 is 0. The van der Waals surface area contributed by atoms with E-state index in [4.69, 9.17) is 4.74 Å². The van der Waals surface area contributed by atoms with E-state index in [1.54, 1.807) is 49.6 Å². The van der Waals surface area contributed by atoms with Gasteiger partial charge in [0.2, 0.25) is 0 Å². The first kappa shape index (κ1) is 13.1. The van der Waals surface area contributed by atoms with E-state index < -0.39 is 5.97 Å². The van der Waals surface area contributed by atoms with Gasteiger partial charge in [-0.25, -0.2) is 14.8 Å². The number of benzene rings is 2. The van der Waals surface area contributed by atoms with Gasteiger partial charge >= 0.3 is 5.97 Å². The Kier molecular flexibility index (Phi) is 3.23. The van der Waals surface area contributed by atoms with E-state index in [0.717, 1.165) is 11.3 Å². The molecule has 0 saturated carbocycles. The number of aromatic carboxylic acids is 1. The van der Waals surface area contributed by atoms with E-state index in [1.165, 1.54) is 0 Å². The van der Waals surface area contributed by atoms with Crippen LogP contribution in [-0.2, 0) is 0 Å². The second-order valence-electron chi connectivity index (χ2n) is 4.45. The Morgan fingerprint density at radius 2 is 1.76 bits per heavy atom. The standard InChI is InChI=1S/C16H12N2O3/c1-21-11-8-6-10(7-9-11)15-17-13-5-3-2-4-12(13)14(18-15)16(19)20/h2-9H,1H3,(H,19,20). The summed E-state index contributed by atoms with van der Waals surface area (Å²) < 4.78 is 5.10. The van der Waals surface area contributed by atoms with Crippen molar-refractivity contribution >= 4 is 16.9 Å². The molecule has 0 fully saturated rings. The Hall–Kier alpha value is -2.95. The summed E-state index contributed by atoms with van der Waals surface area (Å²) in [4.78, 5) is 20.0. The van der Waals surface area contributed by atoms with Crippen LogP contribution >= 0.6 is 0 Å². The molecule has 0 amide bonds. The molecule has 1 N–H and O–H groups in total. The molecular weight excluding hydrogens is 268 g/mol. The van der Waals surface area contributed by atoms with Gasteiger partial charge in [0.1, 0.15) is 5.75 Å². The third-order valence-corrected chi connectivity index (χ3v) is 3.15. The Morgan fingerprint density at radius 3 is 2.43 bits per heavy atom. The molecule has 0 spiro atoms. The van der Waals surface area contributed by atoms with E-state index in [1.807, 2.05) is 6.07 Å². The van der Waals surface area contributed by atoms with Crippen molar-refractivity contribution in [2.45, 2.75) is 0 Å². The summed E-state index contributed by atoms with van der Waals surface area (Å²) in [6, 6.07) is 14.2. The van der Waals surface area contributed by atoms with Crippen LogP contribution in [0.25, 0.3) is 22.3 Å². The normalized spacial score (nSPS) is 10.5. The predicted octanol–water partition coefficient (Wildman–Crippen LogP) is 3.00. The van der Waals surface area contributed by atoms with Crippen molar-refractivity contribution in [1.82, 2.24) is 9.97 Å². The number of ether oxygens (including phenoxy) is 1. The van der Waals surface area contributed by atoms with Crippen LogP contribution < -0.4 is 4.74 Å². The van der Waals surface area contributed by atoms with Crippen LogP contribution in [0.4, 0.5) is 0 Å². The zero-order chi connectivity index (χ0) is 14.8. The number of methoxy groups -OCH3 is 1. The van der Waals surface area contributed by atoms with Crippen molar-refractivity contribution in [2.24, 2.45) is 0 Å². The molecule has 1 heterocycles. The highest BCUT2D eigenvalue weighted by molar-refractivity contribution is 6.01. The van der Waals surface area contributed by atoms with Crippen LogP contribution in [0.1, 0.15) is 10.5 Å². The van der Waals surface area contributed by atoms with Gasteiger partial charge in [-0.1, -0.05) is 18.2 Å². The number of hydrogen-bond donors (Lipinski definition) is 1. The SMILES string of the molecule is COc1ccc(-c2nc(C(=O)O)c3ccccc3n2)cc1. The summed E-state index contributed by atoms with van der Waals surface area (Å²) in [6.45, 7) is 0. The zero-order valence-corrected chi connectivity index (χ0v) is 11.3. The molecule has 0 aliphatic carbocycles. The number of rotatable bonds is 3. The lowest BCUT2D eigenvalue weighted by Gasteiger charge is -2.06. The Bertz CT molecular complexity index is 813. The first-order valence-electron chi connectivity index (χ1n) is 6.33. The third kappa shape index (κ3) is 2.41. The van der Waals surface area contributed by atoms with Gasteiger partial charge in [0.25, 0.3) is 0 Å². The highest BCUT2D eigenvalue weighted by Crippen LogP contribution is 2.23. The largest absolute Gasteiger partial charge is 0.497 e. The number of carbonyl (C=O) groups is 1. The van der Waals surface area contributed by atoms with Crippen molar-refractivity contribution in [3.8, 4) is 17.1 Å². The first-order chi connectivity index (χ1) is 10.2. The average Bonchev–Trinajstić information content (AvgIpc) is 2.53. The molecule has 3 aromatic rings. The van der Waals surface area contributed by atoms with Crippen LogP contribution in [0, 0.1) is 0 Å². The molecule has 21 heavy (non-hydrogen) atoms. The van der Waals surface area contributed by atoms with E-state index >= 15 is 0 Å². The number of carboxylic acids is 1. The molecule has 0 bridgehead atoms. The van der Waals surface area contributed by atoms with Gasteiger partial charge in [0.15, 0.2) is 11.5 Å². The smallest absolute Gasteiger partial charge is 0.355 e. The van der Waals surface area contributed by atoms with Gasteiger partial charge in [0.05, 0.1) is 12.6 Å². The predicted molar refractivity (Wildman–Crippen MR) is 78.5 cm³/mol. The minimum absolute atomic E-state index is 0.00594.